The number of halogens is 3. The lowest BCUT2D eigenvalue weighted by Crippen LogP contribution is -2.19. The number of hydrogen-bond donors (Lipinski definition) is 1. The lowest BCUT2D eigenvalue weighted by atomic mass is 10.1. The predicted molar refractivity (Wildman–Crippen MR) is 104 cm³/mol. The minimum atomic E-state index is -4.47. The summed E-state index contributed by atoms with van der Waals surface area (Å²) in [4.78, 5) is 5.86. The second-order valence-electron chi connectivity index (χ2n) is 6.42. The summed E-state index contributed by atoms with van der Waals surface area (Å²) in [6, 6.07) is 9.32. The minimum absolute atomic E-state index is 0.0295. The van der Waals surface area contributed by atoms with Crippen LogP contribution in [-0.4, -0.2) is 32.1 Å². The van der Waals surface area contributed by atoms with Crippen LogP contribution in [0.25, 0.3) is 11.3 Å². The molecule has 3 rings (SSSR count). The summed E-state index contributed by atoms with van der Waals surface area (Å²) < 4.78 is 67.7. The highest BCUT2D eigenvalue weighted by atomic mass is 32.2. The molecule has 0 unspecified atom stereocenters. The van der Waals surface area contributed by atoms with Gasteiger partial charge in [0.2, 0.25) is 10.0 Å². The van der Waals surface area contributed by atoms with Crippen LogP contribution in [0.4, 0.5) is 24.5 Å². The number of aromatic nitrogens is 2. The summed E-state index contributed by atoms with van der Waals surface area (Å²) in [6.45, 7) is 0. The number of alkyl halides is 3. The second-order valence-corrected chi connectivity index (χ2v) is 8.30. The van der Waals surface area contributed by atoms with E-state index < -0.39 is 21.8 Å². The molecule has 3 aromatic rings. The molecule has 154 valence electrons. The average molecular weight is 424 g/mol. The number of nitrogens with zero attached hydrogens (tertiary/aromatic N) is 3. The standard InChI is InChI=1S/C19H19F3N4O2S/c1-23-29(27,28)15-7-8-18(16(10-15)17-11-25(2)12-24-17)26(3)14-6-4-5-13(9-14)19(20,21)22/h4-12,23H,1-3H3. The van der Waals surface area contributed by atoms with Gasteiger partial charge in [0.15, 0.2) is 0 Å². The van der Waals surface area contributed by atoms with Gasteiger partial charge in [-0.15, -0.1) is 0 Å². The molecule has 0 atom stereocenters. The van der Waals surface area contributed by atoms with Gasteiger partial charge in [0.1, 0.15) is 0 Å². The Morgan fingerprint density at radius 1 is 1.14 bits per heavy atom. The Labute approximate surface area is 166 Å². The summed E-state index contributed by atoms with van der Waals surface area (Å²) >= 11 is 0. The maximum absolute atomic E-state index is 13.1. The van der Waals surface area contributed by atoms with Gasteiger partial charge in [-0.3, -0.25) is 0 Å². The van der Waals surface area contributed by atoms with Crippen molar-refractivity contribution in [3.05, 3.63) is 60.6 Å². The first kappa shape index (κ1) is 20.9. The van der Waals surface area contributed by atoms with Crippen molar-refractivity contribution in [3.8, 4) is 11.3 Å². The van der Waals surface area contributed by atoms with Gasteiger partial charge < -0.3 is 9.47 Å². The van der Waals surface area contributed by atoms with Crippen LogP contribution in [-0.2, 0) is 23.2 Å². The number of hydrogen-bond acceptors (Lipinski definition) is 4. The van der Waals surface area contributed by atoms with Gasteiger partial charge in [-0.25, -0.2) is 18.1 Å². The molecule has 0 aliphatic heterocycles. The first-order valence-corrected chi connectivity index (χ1v) is 9.98. The summed E-state index contributed by atoms with van der Waals surface area (Å²) in [5.41, 5.74) is 1.02. The fourth-order valence-corrected chi connectivity index (χ4v) is 3.64. The molecule has 0 fully saturated rings. The highest BCUT2D eigenvalue weighted by Crippen LogP contribution is 2.37. The van der Waals surface area contributed by atoms with Crippen molar-refractivity contribution in [3.63, 3.8) is 0 Å². The van der Waals surface area contributed by atoms with Crippen molar-refractivity contribution in [1.29, 1.82) is 0 Å². The normalized spacial score (nSPS) is 12.2. The van der Waals surface area contributed by atoms with E-state index in [4.69, 9.17) is 0 Å². The average Bonchev–Trinajstić information content (AvgIpc) is 3.12. The summed E-state index contributed by atoms with van der Waals surface area (Å²) in [5, 5.41) is 0. The summed E-state index contributed by atoms with van der Waals surface area (Å²) in [5.74, 6) is 0. The van der Waals surface area contributed by atoms with Crippen LogP contribution in [0.3, 0.4) is 0 Å². The van der Waals surface area contributed by atoms with Crippen molar-refractivity contribution in [2.75, 3.05) is 19.0 Å². The lowest BCUT2D eigenvalue weighted by molar-refractivity contribution is -0.137. The molecule has 1 N–H and O–H groups in total. The van der Waals surface area contributed by atoms with Gasteiger partial charge in [-0.2, -0.15) is 13.2 Å². The van der Waals surface area contributed by atoms with Gasteiger partial charge in [0.05, 0.1) is 28.2 Å². The molecule has 2 aromatic carbocycles. The van der Waals surface area contributed by atoms with Crippen LogP contribution in [0.5, 0.6) is 0 Å². The molecular formula is C19H19F3N4O2S. The number of sulfonamides is 1. The van der Waals surface area contributed by atoms with E-state index in [0.29, 0.717) is 22.6 Å². The van der Waals surface area contributed by atoms with Gasteiger partial charge in [0, 0.05) is 31.5 Å². The van der Waals surface area contributed by atoms with Crippen molar-refractivity contribution in [2.45, 2.75) is 11.1 Å². The Morgan fingerprint density at radius 2 is 1.86 bits per heavy atom. The van der Waals surface area contributed by atoms with E-state index in [0.717, 1.165) is 12.1 Å². The molecule has 0 amide bonds. The molecule has 1 heterocycles. The van der Waals surface area contributed by atoms with Crippen molar-refractivity contribution < 1.29 is 21.6 Å². The van der Waals surface area contributed by atoms with Crippen molar-refractivity contribution >= 4 is 21.4 Å². The van der Waals surface area contributed by atoms with Gasteiger partial charge >= 0.3 is 6.18 Å². The molecule has 1 aromatic heterocycles. The zero-order chi connectivity index (χ0) is 21.4. The largest absolute Gasteiger partial charge is 0.416 e. The fraction of sp³-hybridized carbons (Fsp3) is 0.211. The monoisotopic (exact) mass is 424 g/mol. The smallest absolute Gasteiger partial charge is 0.344 e. The van der Waals surface area contributed by atoms with E-state index in [1.165, 1.54) is 25.2 Å². The van der Waals surface area contributed by atoms with Crippen molar-refractivity contribution in [1.82, 2.24) is 14.3 Å². The van der Waals surface area contributed by atoms with Crippen molar-refractivity contribution in [2.24, 2.45) is 7.05 Å². The van der Waals surface area contributed by atoms with E-state index in [1.807, 2.05) is 0 Å². The van der Waals surface area contributed by atoms with E-state index in [-0.39, 0.29) is 4.90 Å². The SMILES string of the molecule is CNS(=O)(=O)c1ccc(N(C)c2cccc(C(F)(F)F)c2)c(-c2cn(C)cn2)c1. The first-order valence-electron chi connectivity index (χ1n) is 8.50. The van der Waals surface area contributed by atoms with E-state index in [1.54, 1.807) is 48.2 Å². The zero-order valence-corrected chi connectivity index (χ0v) is 16.7. The predicted octanol–water partition coefficient (Wildman–Crippen LogP) is 3.78. The van der Waals surface area contributed by atoms with Crippen LogP contribution in [0.1, 0.15) is 5.56 Å². The number of nitrogens with one attached hydrogen (secondary N) is 1. The quantitative estimate of drug-likeness (QED) is 0.677. The Bertz CT molecular complexity index is 1140. The van der Waals surface area contributed by atoms with Crippen LogP contribution in [0.15, 0.2) is 59.9 Å². The Hall–Kier alpha value is -2.85. The number of rotatable bonds is 5. The molecule has 0 aliphatic rings. The van der Waals surface area contributed by atoms with E-state index >= 15 is 0 Å². The third-order valence-corrected chi connectivity index (χ3v) is 5.86. The molecule has 29 heavy (non-hydrogen) atoms. The zero-order valence-electron chi connectivity index (χ0n) is 15.9. The summed E-state index contributed by atoms with van der Waals surface area (Å²) in [7, 11) is 0.976. The highest BCUT2D eigenvalue weighted by Gasteiger charge is 2.31. The lowest BCUT2D eigenvalue weighted by Gasteiger charge is -2.23. The maximum atomic E-state index is 13.1. The Kier molecular flexibility index (Phi) is 5.42. The molecule has 6 nitrogen and oxygen atoms in total. The number of anilines is 2. The third-order valence-electron chi connectivity index (χ3n) is 4.45. The van der Waals surface area contributed by atoms with E-state index in [2.05, 4.69) is 9.71 Å². The fourth-order valence-electron chi connectivity index (χ4n) is 2.88. The molecule has 0 radical (unpaired) electrons. The molecular weight excluding hydrogens is 405 g/mol. The Morgan fingerprint density at radius 3 is 2.45 bits per heavy atom. The van der Waals surface area contributed by atoms with Gasteiger partial charge in [-0.1, -0.05) is 6.07 Å². The molecule has 0 spiro atoms. The molecule has 10 heteroatoms. The minimum Gasteiger partial charge on any atom is -0.344 e. The highest BCUT2D eigenvalue weighted by molar-refractivity contribution is 7.89. The number of aryl methyl sites for hydroxylation is 1. The van der Waals surface area contributed by atoms with Crippen LogP contribution in [0, 0.1) is 0 Å². The molecule has 0 bridgehead atoms. The molecule has 0 saturated heterocycles. The molecule has 0 aliphatic carbocycles. The van der Waals surface area contributed by atoms with Gasteiger partial charge in [0.25, 0.3) is 0 Å². The number of imidazole rings is 1. The van der Waals surface area contributed by atoms with Crippen LogP contribution >= 0.6 is 0 Å². The van der Waals surface area contributed by atoms with Crippen LogP contribution < -0.4 is 9.62 Å². The summed E-state index contributed by atoms with van der Waals surface area (Å²) in [6.07, 6.45) is -1.21. The maximum Gasteiger partial charge on any atom is 0.416 e. The van der Waals surface area contributed by atoms with Gasteiger partial charge in [-0.05, 0) is 43.4 Å². The van der Waals surface area contributed by atoms with Crippen LogP contribution in [0.2, 0.25) is 0 Å². The number of benzene rings is 2. The Balaban J connectivity index is 2.16. The first-order chi connectivity index (χ1) is 13.5. The molecule has 0 saturated carbocycles. The second kappa shape index (κ2) is 7.53. The third kappa shape index (κ3) is 4.28. The topological polar surface area (TPSA) is 67.2 Å². The van der Waals surface area contributed by atoms with E-state index in [9.17, 15) is 21.6 Å².